The van der Waals surface area contributed by atoms with E-state index < -0.39 is 5.97 Å². The van der Waals surface area contributed by atoms with Crippen molar-refractivity contribution in [1.82, 2.24) is 5.43 Å². The van der Waals surface area contributed by atoms with E-state index in [9.17, 15) is 14.7 Å². The number of benzene rings is 1. The number of carbonyl (C=O) groups excluding carboxylic acids is 2. The minimum absolute atomic E-state index is 0.114. The average molecular weight is 322 g/mol. The van der Waals surface area contributed by atoms with Crippen LogP contribution < -0.4 is 10.5 Å². The van der Waals surface area contributed by atoms with Crippen molar-refractivity contribution in [2.24, 2.45) is 5.10 Å². The number of carbonyl (C=O) groups is 2. The van der Waals surface area contributed by atoms with Crippen LogP contribution in [0.5, 0.6) is 0 Å². The van der Waals surface area contributed by atoms with Crippen molar-refractivity contribution in [1.29, 1.82) is 0 Å². The van der Waals surface area contributed by atoms with E-state index in [4.69, 9.17) is 11.6 Å². The fourth-order valence-corrected chi connectivity index (χ4v) is 2.41. The number of carboxylic acid groups (broad SMARTS) is 1. The molecule has 0 saturated heterocycles. The van der Waals surface area contributed by atoms with E-state index in [1.807, 2.05) is 0 Å². The van der Waals surface area contributed by atoms with Crippen LogP contribution in [0, 0.1) is 0 Å². The molecule has 1 aromatic heterocycles. The van der Waals surface area contributed by atoms with Crippen LogP contribution in [0.2, 0.25) is 5.02 Å². The Bertz CT molecular complexity index is 707. The maximum absolute atomic E-state index is 11.8. The molecule has 21 heavy (non-hydrogen) atoms. The molecule has 0 saturated carbocycles. The minimum atomic E-state index is -1.23. The van der Waals surface area contributed by atoms with Gasteiger partial charge in [0, 0.05) is 10.6 Å². The molecule has 108 valence electrons. The molecule has 0 unspecified atom stereocenters. The molecule has 0 aliphatic carbocycles. The third-order valence-corrected chi connectivity index (χ3v) is 4.02. The first-order chi connectivity index (χ1) is 9.97. The number of halogens is 1. The van der Waals surface area contributed by atoms with Crippen LogP contribution in [0.4, 0.5) is 0 Å². The molecule has 0 fully saturated rings. The zero-order valence-electron chi connectivity index (χ0n) is 10.9. The Hall–Kier alpha value is -2.18. The Balaban J connectivity index is 2.07. The summed E-state index contributed by atoms with van der Waals surface area (Å²) in [6.07, 6.45) is 0. The van der Waals surface area contributed by atoms with Crippen molar-refractivity contribution in [3.8, 4) is 0 Å². The van der Waals surface area contributed by atoms with Crippen molar-refractivity contribution < 1.29 is 14.7 Å². The van der Waals surface area contributed by atoms with Gasteiger partial charge in [-0.1, -0.05) is 11.6 Å². The summed E-state index contributed by atoms with van der Waals surface area (Å²) in [4.78, 5) is 23.3. The predicted octanol–water partition coefficient (Wildman–Crippen LogP) is 1.92. The largest absolute Gasteiger partial charge is 0.544 e. The Morgan fingerprint density at radius 2 is 1.76 bits per heavy atom. The van der Waals surface area contributed by atoms with E-state index in [1.54, 1.807) is 37.3 Å². The van der Waals surface area contributed by atoms with Gasteiger partial charge in [0.25, 0.3) is 5.91 Å². The SMILES string of the molecule is C/C(=N/NC(=O)c1ccc(Cl)cc1)c1ccc(C(=O)[O-])s1. The van der Waals surface area contributed by atoms with Gasteiger partial charge in [-0.3, -0.25) is 4.79 Å². The van der Waals surface area contributed by atoms with Crippen LogP contribution >= 0.6 is 22.9 Å². The van der Waals surface area contributed by atoms with Crippen molar-refractivity contribution in [3.05, 3.63) is 56.7 Å². The highest BCUT2D eigenvalue weighted by atomic mass is 35.5. The van der Waals surface area contributed by atoms with E-state index in [0.717, 1.165) is 11.3 Å². The number of rotatable bonds is 4. The van der Waals surface area contributed by atoms with Gasteiger partial charge in [0.05, 0.1) is 21.4 Å². The minimum Gasteiger partial charge on any atom is -0.544 e. The summed E-state index contributed by atoms with van der Waals surface area (Å²) in [6, 6.07) is 9.44. The van der Waals surface area contributed by atoms with Crippen LogP contribution in [-0.2, 0) is 0 Å². The molecule has 2 aromatic rings. The van der Waals surface area contributed by atoms with Crippen molar-refractivity contribution in [2.75, 3.05) is 0 Å². The molecule has 5 nitrogen and oxygen atoms in total. The molecule has 0 spiro atoms. The van der Waals surface area contributed by atoms with Crippen molar-refractivity contribution in [2.45, 2.75) is 6.92 Å². The Morgan fingerprint density at radius 1 is 1.14 bits per heavy atom. The van der Waals surface area contributed by atoms with Crippen LogP contribution in [0.25, 0.3) is 0 Å². The summed E-state index contributed by atoms with van der Waals surface area (Å²) in [5.41, 5.74) is 3.34. The second-order valence-corrected chi connectivity index (χ2v) is 5.62. The highest BCUT2D eigenvalue weighted by Gasteiger charge is 2.06. The molecule has 2 rings (SSSR count). The molecule has 0 atom stereocenters. The Kier molecular flexibility index (Phi) is 4.72. The lowest BCUT2D eigenvalue weighted by Crippen LogP contribution is -2.20. The molecular weight excluding hydrogens is 312 g/mol. The number of hydrogen-bond donors (Lipinski definition) is 1. The number of thiophene rings is 1. The van der Waals surface area contributed by atoms with Crippen LogP contribution in [0.1, 0.15) is 31.8 Å². The zero-order valence-corrected chi connectivity index (χ0v) is 12.5. The fourth-order valence-electron chi connectivity index (χ4n) is 1.50. The van der Waals surface area contributed by atoms with E-state index in [2.05, 4.69) is 10.5 Å². The molecule has 1 amide bonds. The number of nitrogens with one attached hydrogen (secondary N) is 1. The van der Waals surface area contributed by atoms with Gasteiger partial charge in [-0.05, 0) is 43.3 Å². The van der Waals surface area contributed by atoms with E-state index in [1.165, 1.54) is 6.07 Å². The van der Waals surface area contributed by atoms with E-state index in [0.29, 0.717) is 21.2 Å². The number of carboxylic acids is 1. The molecule has 0 bridgehead atoms. The van der Waals surface area contributed by atoms with Gasteiger partial charge in [0.1, 0.15) is 0 Å². The zero-order chi connectivity index (χ0) is 15.4. The fraction of sp³-hybridized carbons (Fsp3) is 0.0714. The lowest BCUT2D eigenvalue weighted by atomic mass is 10.2. The lowest BCUT2D eigenvalue weighted by molar-refractivity contribution is -0.254. The quantitative estimate of drug-likeness (QED) is 0.690. The maximum atomic E-state index is 11.8. The third-order valence-electron chi connectivity index (χ3n) is 2.60. The predicted molar refractivity (Wildman–Crippen MR) is 79.8 cm³/mol. The summed E-state index contributed by atoms with van der Waals surface area (Å²) >= 11 is 6.78. The van der Waals surface area contributed by atoms with Crippen molar-refractivity contribution >= 4 is 40.5 Å². The summed E-state index contributed by atoms with van der Waals surface area (Å²) in [5, 5.41) is 15.2. The molecule has 1 aromatic carbocycles. The Morgan fingerprint density at radius 3 is 2.33 bits per heavy atom. The standard InChI is InChI=1S/C14H11ClN2O3S/c1-8(11-6-7-12(21-11)14(19)20)16-17-13(18)9-2-4-10(15)5-3-9/h2-7H,1H3,(H,17,18)(H,19,20)/p-1/b16-8-. The highest BCUT2D eigenvalue weighted by molar-refractivity contribution is 7.15. The molecule has 1 N–H and O–H groups in total. The second-order valence-electron chi connectivity index (χ2n) is 4.10. The van der Waals surface area contributed by atoms with Crippen LogP contribution in [0.3, 0.4) is 0 Å². The van der Waals surface area contributed by atoms with Gasteiger partial charge in [0.2, 0.25) is 0 Å². The van der Waals surface area contributed by atoms with E-state index in [-0.39, 0.29) is 10.8 Å². The Labute approximate surface area is 129 Å². The monoisotopic (exact) mass is 321 g/mol. The van der Waals surface area contributed by atoms with Crippen LogP contribution in [-0.4, -0.2) is 17.6 Å². The number of aromatic carboxylic acids is 1. The van der Waals surface area contributed by atoms with Gasteiger partial charge in [-0.2, -0.15) is 5.10 Å². The number of hydrogen-bond acceptors (Lipinski definition) is 5. The lowest BCUT2D eigenvalue weighted by Gasteiger charge is -2.01. The number of hydrazone groups is 1. The van der Waals surface area contributed by atoms with Gasteiger partial charge in [0.15, 0.2) is 0 Å². The first-order valence-corrected chi connectivity index (χ1v) is 7.08. The average Bonchev–Trinajstić information content (AvgIpc) is 2.95. The van der Waals surface area contributed by atoms with Gasteiger partial charge >= 0.3 is 0 Å². The topological polar surface area (TPSA) is 81.6 Å². The summed E-state index contributed by atoms with van der Waals surface area (Å²) in [5.74, 6) is -1.60. The maximum Gasteiger partial charge on any atom is 0.271 e. The molecular formula is C14H10ClN2O3S-. The normalized spacial score (nSPS) is 11.2. The first-order valence-electron chi connectivity index (χ1n) is 5.89. The summed E-state index contributed by atoms with van der Waals surface area (Å²) < 4.78 is 0. The molecule has 0 radical (unpaired) electrons. The number of amides is 1. The third kappa shape index (κ3) is 3.90. The molecule has 7 heteroatoms. The highest BCUT2D eigenvalue weighted by Crippen LogP contribution is 2.16. The first kappa shape index (κ1) is 15.2. The molecule has 0 aliphatic heterocycles. The second kappa shape index (κ2) is 6.51. The number of nitrogens with zero attached hydrogens (tertiary/aromatic N) is 1. The van der Waals surface area contributed by atoms with Crippen molar-refractivity contribution in [3.63, 3.8) is 0 Å². The van der Waals surface area contributed by atoms with Gasteiger partial charge < -0.3 is 9.90 Å². The van der Waals surface area contributed by atoms with Gasteiger partial charge in [-0.25, -0.2) is 5.43 Å². The van der Waals surface area contributed by atoms with Gasteiger partial charge in [-0.15, -0.1) is 11.3 Å². The van der Waals surface area contributed by atoms with Crippen LogP contribution in [0.15, 0.2) is 41.5 Å². The summed E-state index contributed by atoms with van der Waals surface area (Å²) in [6.45, 7) is 1.67. The molecule has 0 aliphatic rings. The molecule has 1 heterocycles. The smallest absolute Gasteiger partial charge is 0.271 e. The summed E-state index contributed by atoms with van der Waals surface area (Å²) in [7, 11) is 0. The van der Waals surface area contributed by atoms with E-state index >= 15 is 0 Å².